The lowest BCUT2D eigenvalue weighted by molar-refractivity contribution is -0.114. The first kappa shape index (κ1) is 17.1. The third kappa shape index (κ3) is 3.87. The number of carbonyl (C=O) groups is 1. The molecule has 0 unspecified atom stereocenters. The topological polar surface area (TPSA) is 72.5 Å². The van der Waals surface area contributed by atoms with E-state index < -0.39 is 10.0 Å². The highest BCUT2D eigenvalue weighted by Crippen LogP contribution is 2.34. The van der Waals surface area contributed by atoms with Gasteiger partial charge in [-0.1, -0.05) is 30.3 Å². The van der Waals surface area contributed by atoms with E-state index in [0.717, 1.165) is 11.1 Å². The Morgan fingerprint density at radius 2 is 1.80 bits per heavy atom. The van der Waals surface area contributed by atoms with Crippen molar-refractivity contribution in [1.82, 2.24) is 4.72 Å². The highest BCUT2D eigenvalue weighted by molar-refractivity contribution is 7.89. The maximum atomic E-state index is 12.1. The van der Waals surface area contributed by atoms with Gasteiger partial charge in [-0.3, -0.25) is 4.79 Å². The first-order chi connectivity index (χ1) is 12.0. The molecule has 6 heteroatoms. The lowest BCUT2D eigenvalue weighted by atomic mass is 10.0. The first-order valence-corrected chi connectivity index (χ1v) is 9.20. The van der Waals surface area contributed by atoms with Crippen LogP contribution in [0.15, 0.2) is 77.4 Å². The molecule has 0 spiro atoms. The molecule has 2 aromatic carbocycles. The summed E-state index contributed by atoms with van der Waals surface area (Å²) in [7, 11) is -2.23. The van der Waals surface area contributed by atoms with Crippen LogP contribution in [0.3, 0.4) is 0 Å². The van der Waals surface area contributed by atoms with Gasteiger partial charge in [-0.25, -0.2) is 13.1 Å². The van der Waals surface area contributed by atoms with Crippen molar-refractivity contribution in [2.45, 2.75) is 11.3 Å². The third-order valence-corrected chi connectivity index (χ3v) is 5.19. The second kappa shape index (κ2) is 7.04. The average molecular weight is 355 g/mol. The summed E-state index contributed by atoms with van der Waals surface area (Å²) in [6.07, 6.45) is 4.98. The molecule has 2 aromatic rings. The monoisotopic (exact) mass is 355 g/mol. The Morgan fingerprint density at radius 3 is 2.44 bits per heavy atom. The number of sulfonamides is 1. The van der Waals surface area contributed by atoms with Crippen LogP contribution in [0.5, 0.6) is 5.75 Å². The summed E-state index contributed by atoms with van der Waals surface area (Å²) in [5.41, 5.74) is 1.67. The standard InChI is InChI=1S/C19H17NO4S/c1-20-25(22,23)17-11-12-18(14-5-3-2-4-6-14)19(13-17)24-16-9-7-15(21)8-10-16/h2-7,9-13,20H,8H2,1H3. The fourth-order valence-corrected chi connectivity index (χ4v) is 3.19. The van der Waals surface area contributed by atoms with Crippen LogP contribution in [0, 0.1) is 0 Å². The largest absolute Gasteiger partial charge is 0.457 e. The smallest absolute Gasteiger partial charge is 0.240 e. The summed E-state index contributed by atoms with van der Waals surface area (Å²) >= 11 is 0. The van der Waals surface area contributed by atoms with Crippen LogP contribution < -0.4 is 9.46 Å². The van der Waals surface area contributed by atoms with E-state index in [0.29, 0.717) is 11.5 Å². The van der Waals surface area contributed by atoms with Crippen LogP contribution in [0.1, 0.15) is 6.42 Å². The van der Waals surface area contributed by atoms with Gasteiger partial charge in [0.1, 0.15) is 11.5 Å². The Labute approximate surface area is 146 Å². The third-order valence-electron chi connectivity index (χ3n) is 3.78. The SMILES string of the molecule is CNS(=O)(=O)c1ccc(-c2ccccc2)c(OC2=CCC(=O)C=C2)c1. The van der Waals surface area contributed by atoms with Gasteiger partial charge in [0.15, 0.2) is 5.78 Å². The molecule has 1 N–H and O–H groups in total. The molecule has 5 nitrogen and oxygen atoms in total. The number of ketones is 1. The number of nitrogens with one attached hydrogen (secondary N) is 1. The quantitative estimate of drug-likeness (QED) is 0.895. The summed E-state index contributed by atoms with van der Waals surface area (Å²) in [6, 6.07) is 14.3. The number of benzene rings is 2. The maximum absolute atomic E-state index is 12.1. The molecule has 1 aliphatic rings. The van der Waals surface area contributed by atoms with Crippen molar-refractivity contribution in [2.24, 2.45) is 0 Å². The normalized spacial score (nSPS) is 14.3. The van der Waals surface area contributed by atoms with Crippen molar-refractivity contribution in [3.8, 4) is 16.9 Å². The summed E-state index contributed by atoms with van der Waals surface area (Å²) < 4.78 is 32.4. The van der Waals surface area contributed by atoms with Gasteiger partial charge in [-0.05, 0) is 43.0 Å². The van der Waals surface area contributed by atoms with Crippen LogP contribution in [-0.2, 0) is 14.8 Å². The van der Waals surface area contributed by atoms with Gasteiger partial charge in [0.05, 0.1) is 4.90 Å². The lowest BCUT2D eigenvalue weighted by Crippen LogP contribution is -2.18. The van der Waals surface area contributed by atoms with Crippen molar-refractivity contribution in [2.75, 3.05) is 7.05 Å². The number of hydrogen-bond acceptors (Lipinski definition) is 4. The van der Waals surface area contributed by atoms with Gasteiger partial charge in [0.2, 0.25) is 10.0 Å². The number of carbonyl (C=O) groups excluding carboxylic acids is 1. The molecule has 0 bridgehead atoms. The minimum Gasteiger partial charge on any atom is -0.457 e. The molecule has 1 aliphatic carbocycles. The predicted octanol–water partition coefficient (Wildman–Crippen LogP) is 3.05. The fourth-order valence-electron chi connectivity index (χ4n) is 2.44. The number of rotatable bonds is 5. The van der Waals surface area contributed by atoms with Crippen molar-refractivity contribution >= 4 is 15.8 Å². The van der Waals surface area contributed by atoms with E-state index in [1.807, 2.05) is 30.3 Å². The number of hydrogen-bond donors (Lipinski definition) is 1. The Balaban J connectivity index is 2.07. The molecule has 25 heavy (non-hydrogen) atoms. The summed E-state index contributed by atoms with van der Waals surface area (Å²) in [5.74, 6) is 0.922. The molecule has 0 saturated carbocycles. The van der Waals surface area contributed by atoms with Crippen molar-refractivity contribution < 1.29 is 17.9 Å². The molecule has 128 valence electrons. The summed E-state index contributed by atoms with van der Waals surface area (Å²) in [6.45, 7) is 0. The fraction of sp³-hybridized carbons (Fsp3) is 0.105. The highest BCUT2D eigenvalue weighted by Gasteiger charge is 2.17. The molecule has 0 saturated heterocycles. The molecule has 0 radical (unpaired) electrons. The second-order valence-electron chi connectivity index (χ2n) is 5.44. The van der Waals surface area contributed by atoms with Gasteiger partial charge >= 0.3 is 0 Å². The van der Waals surface area contributed by atoms with E-state index in [4.69, 9.17) is 4.74 Å². The minimum absolute atomic E-state index is 0.00199. The second-order valence-corrected chi connectivity index (χ2v) is 7.33. The molecule has 0 aromatic heterocycles. The Bertz CT molecular complexity index is 960. The lowest BCUT2D eigenvalue weighted by Gasteiger charge is -2.15. The zero-order chi connectivity index (χ0) is 17.9. The van der Waals surface area contributed by atoms with Crippen molar-refractivity contribution in [3.63, 3.8) is 0 Å². The minimum atomic E-state index is -3.59. The van der Waals surface area contributed by atoms with E-state index in [1.165, 1.54) is 25.3 Å². The Morgan fingerprint density at radius 1 is 1.04 bits per heavy atom. The maximum Gasteiger partial charge on any atom is 0.240 e. The number of allylic oxidation sites excluding steroid dienone is 3. The highest BCUT2D eigenvalue weighted by atomic mass is 32.2. The molecule has 0 fully saturated rings. The molecule has 0 heterocycles. The Hall–Kier alpha value is -2.70. The van der Waals surface area contributed by atoms with Crippen LogP contribution >= 0.6 is 0 Å². The van der Waals surface area contributed by atoms with Crippen LogP contribution in [0.2, 0.25) is 0 Å². The van der Waals surface area contributed by atoms with Crippen molar-refractivity contribution in [1.29, 1.82) is 0 Å². The predicted molar refractivity (Wildman–Crippen MR) is 95.6 cm³/mol. The molecule has 0 aliphatic heterocycles. The molecule has 0 atom stereocenters. The van der Waals surface area contributed by atoms with Crippen molar-refractivity contribution in [3.05, 3.63) is 72.5 Å². The van der Waals surface area contributed by atoms with Crippen LogP contribution in [-0.4, -0.2) is 21.2 Å². The van der Waals surface area contributed by atoms with Gasteiger partial charge in [-0.15, -0.1) is 0 Å². The summed E-state index contributed by atoms with van der Waals surface area (Å²) in [4.78, 5) is 11.4. The molecule has 0 amide bonds. The zero-order valence-electron chi connectivity index (χ0n) is 13.6. The molecule has 3 rings (SSSR count). The average Bonchev–Trinajstić information content (AvgIpc) is 2.64. The van der Waals surface area contributed by atoms with E-state index in [2.05, 4.69) is 4.72 Å². The Kier molecular flexibility index (Phi) is 4.83. The molecular formula is C19H17NO4S. The molecular weight excluding hydrogens is 338 g/mol. The van der Waals surface area contributed by atoms with E-state index in [-0.39, 0.29) is 17.1 Å². The summed E-state index contributed by atoms with van der Waals surface area (Å²) in [5, 5.41) is 0. The van der Waals surface area contributed by atoms with E-state index >= 15 is 0 Å². The van der Waals surface area contributed by atoms with E-state index in [1.54, 1.807) is 18.2 Å². The van der Waals surface area contributed by atoms with Crippen LogP contribution in [0.25, 0.3) is 11.1 Å². The zero-order valence-corrected chi connectivity index (χ0v) is 14.4. The van der Waals surface area contributed by atoms with Gasteiger partial charge in [0.25, 0.3) is 0 Å². The van der Waals surface area contributed by atoms with Gasteiger partial charge in [0, 0.05) is 18.1 Å². The first-order valence-electron chi connectivity index (χ1n) is 7.71. The van der Waals surface area contributed by atoms with Crippen LogP contribution in [0.4, 0.5) is 0 Å². The van der Waals surface area contributed by atoms with Gasteiger partial charge < -0.3 is 4.74 Å². The van der Waals surface area contributed by atoms with Gasteiger partial charge in [-0.2, -0.15) is 0 Å². The van der Waals surface area contributed by atoms with E-state index in [9.17, 15) is 13.2 Å². The number of ether oxygens (including phenoxy) is 1.